The van der Waals surface area contributed by atoms with Gasteiger partial charge in [0.25, 0.3) is 0 Å². The van der Waals surface area contributed by atoms with Crippen molar-refractivity contribution in [1.82, 2.24) is 0 Å². The van der Waals surface area contributed by atoms with E-state index in [1.54, 1.807) is 27.0 Å². The van der Waals surface area contributed by atoms with Gasteiger partial charge in [-0.2, -0.15) is 0 Å². The second kappa shape index (κ2) is 6.48. The maximum absolute atomic E-state index is 12.3. The molecular formula is C17H28BNO5S. The maximum Gasteiger partial charge on any atom is 0.495 e. The molecule has 8 heteroatoms. The van der Waals surface area contributed by atoms with Crippen LogP contribution in [0.2, 0.25) is 0 Å². The van der Waals surface area contributed by atoms with Crippen LogP contribution in [0.5, 0.6) is 5.75 Å². The number of methoxy groups -OCH3 is 1. The SMILES string of the molecule is COc1cc(B2OC(C)(C)C(C)(C)O2)cc(NS(=O)(=O)C(C)C)c1C. The molecule has 1 saturated heterocycles. The number of hydrogen-bond acceptors (Lipinski definition) is 5. The molecule has 0 atom stereocenters. The van der Waals surface area contributed by atoms with E-state index in [1.165, 1.54) is 0 Å². The van der Waals surface area contributed by atoms with E-state index >= 15 is 0 Å². The summed E-state index contributed by atoms with van der Waals surface area (Å²) in [5.74, 6) is 0.577. The van der Waals surface area contributed by atoms with Gasteiger partial charge >= 0.3 is 7.12 Å². The quantitative estimate of drug-likeness (QED) is 0.807. The molecule has 0 radical (unpaired) electrons. The highest BCUT2D eigenvalue weighted by atomic mass is 32.2. The Balaban J connectivity index is 2.46. The number of nitrogens with one attached hydrogen (secondary N) is 1. The summed E-state index contributed by atoms with van der Waals surface area (Å²) in [4.78, 5) is 0. The molecule has 1 N–H and O–H groups in total. The molecule has 1 heterocycles. The third-order valence-corrected chi connectivity index (χ3v) is 6.75. The van der Waals surface area contributed by atoms with Crippen LogP contribution in [0.4, 0.5) is 5.69 Å². The lowest BCUT2D eigenvalue weighted by atomic mass is 9.78. The Morgan fingerprint density at radius 2 is 1.64 bits per heavy atom. The molecule has 0 spiro atoms. The first-order valence-corrected chi connectivity index (χ1v) is 9.91. The molecule has 0 unspecified atom stereocenters. The van der Waals surface area contributed by atoms with Crippen molar-refractivity contribution in [3.63, 3.8) is 0 Å². The number of anilines is 1. The predicted molar refractivity (Wildman–Crippen MR) is 101 cm³/mol. The van der Waals surface area contributed by atoms with E-state index in [2.05, 4.69) is 4.72 Å². The largest absolute Gasteiger partial charge is 0.496 e. The van der Waals surface area contributed by atoms with Crippen LogP contribution in [-0.2, 0) is 19.3 Å². The van der Waals surface area contributed by atoms with Gasteiger partial charge in [0.2, 0.25) is 10.0 Å². The first-order chi connectivity index (χ1) is 11.3. The van der Waals surface area contributed by atoms with Gasteiger partial charge in [-0.25, -0.2) is 8.42 Å². The fourth-order valence-electron chi connectivity index (χ4n) is 2.41. The van der Waals surface area contributed by atoms with E-state index in [9.17, 15) is 8.42 Å². The van der Waals surface area contributed by atoms with Crippen molar-refractivity contribution in [3.05, 3.63) is 17.7 Å². The number of hydrogen-bond donors (Lipinski definition) is 1. The molecule has 1 aromatic carbocycles. The average molecular weight is 369 g/mol. The van der Waals surface area contributed by atoms with Gasteiger partial charge in [0.05, 0.1) is 29.2 Å². The van der Waals surface area contributed by atoms with Crippen LogP contribution in [0.25, 0.3) is 0 Å². The zero-order chi connectivity index (χ0) is 19.2. The molecule has 0 bridgehead atoms. The minimum atomic E-state index is -3.47. The Morgan fingerprint density at radius 3 is 2.08 bits per heavy atom. The first kappa shape index (κ1) is 20.1. The Hall–Kier alpha value is -1.25. The molecule has 0 aliphatic carbocycles. The monoisotopic (exact) mass is 369 g/mol. The highest BCUT2D eigenvalue weighted by Gasteiger charge is 2.52. The summed E-state index contributed by atoms with van der Waals surface area (Å²) in [7, 11) is -2.51. The minimum absolute atomic E-state index is 0.470. The van der Waals surface area contributed by atoms with Gasteiger partial charge in [-0.3, -0.25) is 4.72 Å². The van der Waals surface area contributed by atoms with E-state index < -0.39 is 33.6 Å². The standard InChI is InChI=1S/C17H28BNO5S/c1-11(2)25(20,21)19-14-9-13(10-15(22-8)12(14)3)18-23-16(4,5)17(6,7)24-18/h9-11,19H,1-8H3. The fraction of sp³-hybridized carbons (Fsp3) is 0.647. The van der Waals surface area contributed by atoms with Crippen LogP contribution in [-0.4, -0.2) is 39.1 Å². The van der Waals surface area contributed by atoms with Crippen molar-refractivity contribution in [2.45, 2.75) is 64.9 Å². The smallest absolute Gasteiger partial charge is 0.495 e. The second-order valence-electron chi connectivity index (χ2n) is 7.68. The Morgan fingerprint density at radius 1 is 1.12 bits per heavy atom. The predicted octanol–water partition coefficient (Wildman–Crippen LogP) is 2.45. The summed E-state index contributed by atoms with van der Waals surface area (Å²) >= 11 is 0. The van der Waals surface area contributed by atoms with Crippen LogP contribution in [0.3, 0.4) is 0 Å². The van der Waals surface area contributed by atoms with Gasteiger partial charge < -0.3 is 14.0 Å². The Bertz CT molecular complexity index is 743. The Labute approximate surface area is 151 Å². The van der Waals surface area contributed by atoms with Crippen LogP contribution >= 0.6 is 0 Å². The van der Waals surface area contributed by atoms with Gasteiger partial charge in [-0.15, -0.1) is 0 Å². The zero-order valence-corrected chi connectivity index (χ0v) is 17.1. The van der Waals surface area contributed by atoms with Crippen molar-refractivity contribution in [1.29, 1.82) is 0 Å². The normalized spacial score (nSPS) is 19.3. The van der Waals surface area contributed by atoms with Crippen LogP contribution < -0.4 is 14.9 Å². The molecule has 0 aromatic heterocycles. The van der Waals surface area contributed by atoms with Crippen LogP contribution in [0.15, 0.2) is 12.1 Å². The molecule has 0 saturated carbocycles. The topological polar surface area (TPSA) is 73.9 Å². The lowest BCUT2D eigenvalue weighted by molar-refractivity contribution is 0.00578. The summed E-state index contributed by atoms with van der Waals surface area (Å²) in [6.07, 6.45) is 0. The number of sulfonamides is 1. The lowest BCUT2D eigenvalue weighted by Gasteiger charge is -2.32. The molecule has 1 aliphatic rings. The number of ether oxygens (including phenoxy) is 1. The van der Waals surface area contributed by atoms with E-state index in [0.717, 1.165) is 0 Å². The van der Waals surface area contributed by atoms with Gasteiger partial charge in [0, 0.05) is 5.56 Å². The first-order valence-electron chi connectivity index (χ1n) is 8.36. The molecule has 1 aromatic rings. The van der Waals surface area contributed by atoms with Gasteiger partial charge in [0.15, 0.2) is 0 Å². The molecule has 140 valence electrons. The third-order valence-electron chi connectivity index (χ3n) is 5.00. The van der Waals surface area contributed by atoms with Crippen molar-refractivity contribution in [2.75, 3.05) is 11.8 Å². The highest BCUT2D eigenvalue weighted by Crippen LogP contribution is 2.37. The van der Waals surface area contributed by atoms with Crippen molar-refractivity contribution >= 4 is 28.3 Å². The summed E-state index contributed by atoms with van der Waals surface area (Å²) in [6.45, 7) is 13.0. The fourth-order valence-corrected chi connectivity index (χ4v) is 3.17. The third kappa shape index (κ3) is 3.81. The van der Waals surface area contributed by atoms with Crippen LogP contribution in [0.1, 0.15) is 47.1 Å². The van der Waals surface area contributed by atoms with Crippen molar-refractivity contribution < 1.29 is 22.5 Å². The van der Waals surface area contributed by atoms with E-state index in [0.29, 0.717) is 22.5 Å². The van der Waals surface area contributed by atoms with E-state index in [-0.39, 0.29) is 0 Å². The van der Waals surface area contributed by atoms with Gasteiger partial charge in [-0.05, 0) is 66.1 Å². The maximum atomic E-state index is 12.3. The molecule has 1 fully saturated rings. The molecule has 2 rings (SSSR count). The summed E-state index contributed by atoms with van der Waals surface area (Å²) < 4.78 is 44.8. The highest BCUT2D eigenvalue weighted by molar-refractivity contribution is 7.93. The summed E-state index contributed by atoms with van der Waals surface area (Å²) in [5, 5.41) is -0.543. The number of benzene rings is 1. The van der Waals surface area contributed by atoms with E-state index in [4.69, 9.17) is 14.0 Å². The molecule has 0 amide bonds. The molecule has 25 heavy (non-hydrogen) atoms. The van der Waals surface area contributed by atoms with Gasteiger partial charge in [-0.1, -0.05) is 0 Å². The minimum Gasteiger partial charge on any atom is -0.496 e. The molecule has 1 aliphatic heterocycles. The molecule has 6 nitrogen and oxygen atoms in total. The average Bonchev–Trinajstić information content (AvgIpc) is 2.69. The van der Waals surface area contributed by atoms with Crippen molar-refractivity contribution in [3.8, 4) is 5.75 Å². The van der Waals surface area contributed by atoms with Crippen molar-refractivity contribution in [2.24, 2.45) is 0 Å². The number of rotatable bonds is 5. The van der Waals surface area contributed by atoms with E-state index in [1.807, 2.05) is 40.7 Å². The second-order valence-corrected chi connectivity index (χ2v) is 9.92. The zero-order valence-electron chi connectivity index (χ0n) is 16.3. The Kier molecular flexibility index (Phi) is 5.21. The lowest BCUT2D eigenvalue weighted by Crippen LogP contribution is -2.41. The summed E-state index contributed by atoms with van der Waals surface area (Å²) in [5.41, 5.74) is 0.938. The summed E-state index contributed by atoms with van der Waals surface area (Å²) in [6, 6.07) is 3.57. The van der Waals surface area contributed by atoms with Gasteiger partial charge in [0.1, 0.15) is 5.75 Å². The van der Waals surface area contributed by atoms with Crippen LogP contribution in [0, 0.1) is 6.92 Å². The molecular weight excluding hydrogens is 341 g/mol.